The van der Waals surface area contributed by atoms with E-state index in [1.807, 2.05) is 41.8 Å². The number of fused-ring (bicyclic) bond motifs is 1. The fourth-order valence-electron chi connectivity index (χ4n) is 3.18. The number of pyridine rings is 1. The summed E-state index contributed by atoms with van der Waals surface area (Å²) in [5.41, 5.74) is 9.62. The molecule has 0 aliphatic heterocycles. The molecule has 4 heteroatoms. The van der Waals surface area contributed by atoms with Gasteiger partial charge in [-0.3, -0.25) is 9.36 Å². The first-order chi connectivity index (χ1) is 10.8. The Balaban J connectivity index is 2.28. The van der Waals surface area contributed by atoms with Crippen molar-refractivity contribution in [1.29, 1.82) is 0 Å². The lowest BCUT2D eigenvalue weighted by molar-refractivity contribution is 0.338. The third-order valence-corrected chi connectivity index (χ3v) is 4.20. The summed E-state index contributed by atoms with van der Waals surface area (Å²) in [5, 5.41) is 0. The van der Waals surface area contributed by atoms with Gasteiger partial charge in [0, 0.05) is 17.8 Å². The summed E-state index contributed by atoms with van der Waals surface area (Å²) in [6.45, 7) is 2.79. The summed E-state index contributed by atoms with van der Waals surface area (Å²) in [5.74, 6) is 0.744. The van der Waals surface area contributed by atoms with E-state index in [1.54, 1.807) is 0 Å². The van der Waals surface area contributed by atoms with Crippen LogP contribution in [0.15, 0.2) is 35.1 Å². The monoisotopic (exact) mass is 298 g/mol. The summed E-state index contributed by atoms with van der Waals surface area (Å²) >= 11 is 0. The number of nitrogens with two attached hydrogens (primary N) is 1. The van der Waals surface area contributed by atoms with E-state index in [0.29, 0.717) is 12.2 Å². The van der Waals surface area contributed by atoms with Gasteiger partial charge in [0.1, 0.15) is 5.75 Å². The highest BCUT2D eigenvalue weighted by Crippen LogP contribution is 2.27. The molecule has 1 aliphatic rings. The summed E-state index contributed by atoms with van der Waals surface area (Å²) in [6.07, 6.45) is 4.23. The van der Waals surface area contributed by atoms with E-state index < -0.39 is 0 Å². The zero-order valence-electron chi connectivity index (χ0n) is 13.0. The van der Waals surface area contributed by atoms with Crippen molar-refractivity contribution < 1.29 is 4.74 Å². The van der Waals surface area contributed by atoms with Gasteiger partial charge in [0.2, 0.25) is 0 Å². The van der Waals surface area contributed by atoms with Gasteiger partial charge in [0.25, 0.3) is 5.56 Å². The molecule has 2 aromatic rings. The number of rotatable bonds is 4. The highest BCUT2D eigenvalue weighted by atomic mass is 16.5. The van der Waals surface area contributed by atoms with Crippen LogP contribution in [0.4, 0.5) is 0 Å². The first-order valence-electron chi connectivity index (χ1n) is 7.95. The first kappa shape index (κ1) is 14.9. The standard InChI is InChI=1S/C18H22N2O2/c1-2-22-17-10-6-5-9-16(17)20-15-8-4-3-7-13(15)11-14(12-19)18(20)21/h5-6,9-11H,2-4,7-8,12,19H2,1H3. The second-order valence-corrected chi connectivity index (χ2v) is 5.59. The maximum atomic E-state index is 12.9. The zero-order valence-corrected chi connectivity index (χ0v) is 13.0. The van der Waals surface area contributed by atoms with E-state index in [-0.39, 0.29) is 12.1 Å². The molecule has 116 valence electrons. The Morgan fingerprint density at radius 2 is 2.00 bits per heavy atom. The van der Waals surface area contributed by atoms with Crippen molar-refractivity contribution >= 4 is 0 Å². The molecule has 0 bridgehead atoms. The SMILES string of the molecule is CCOc1ccccc1-n1c2c(cc(CN)c1=O)CCCC2. The Morgan fingerprint density at radius 1 is 1.23 bits per heavy atom. The number of nitrogens with zero attached hydrogens (tertiary/aromatic N) is 1. The van der Waals surface area contributed by atoms with Crippen LogP contribution in [-0.2, 0) is 19.4 Å². The Kier molecular flexibility index (Phi) is 4.29. The van der Waals surface area contributed by atoms with Gasteiger partial charge in [-0.25, -0.2) is 0 Å². The number of ether oxygens (including phenoxy) is 1. The Morgan fingerprint density at radius 3 is 2.77 bits per heavy atom. The number of benzene rings is 1. The molecule has 0 saturated carbocycles. The summed E-state index contributed by atoms with van der Waals surface area (Å²) in [4.78, 5) is 12.9. The minimum Gasteiger partial charge on any atom is -0.492 e. The van der Waals surface area contributed by atoms with Crippen LogP contribution in [0.2, 0.25) is 0 Å². The normalized spacial score (nSPS) is 13.7. The average molecular weight is 298 g/mol. The van der Waals surface area contributed by atoms with Crippen molar-refractivity contribution in [1.82, 2.24) is 4.57 Å². The van der Waals surface area contributed by atoms with Gasteiger partial charge in [0.05, 0.1) is 12.3 Å². The lowest BCUT2D eigenvalue weighted by Gasteiger charge is -2.23. The molecule has 1 aromatic heterocycles. The number of hydrogen-bond donors (Lipinski definition) is 1. The van der Waals surface area contributed by atoms with Gasteiger partial charge in [-0.15, -0.1) is 0 Å². The van der Waals surface area contributed by atoms with Gasteiger partial charge in [-0.2, -0.15) is 0 Å². The number of aryl methyl sites for hydroxylation is 1. The number of aromatic nitrogens is 1. The van der Waals surface area contributed by atoms with E-state index in [2.05, 4.69) is 0 Å². The molecule has 4 nitrogen and oxygen atoms in total. The molecular weight excluding hydrogens is 276 g/mol. The van der Waals surface area contributed by atoms with Gasteiger partial charge in [-0.05, 0) is 56.4 Å². The maximum Gasteiger partial charge on any atom is 0.259 e. The van der Waals surface area contributed by atoms with Crippen molar-refractivity contribution in [3.05, 3.63) is 57.5 Å². The maximum absolute atomic E-state index is 12.9. The molecule has 1 heterocycles. The Labute approximate surface area is 130 Å². The molecule has 3 rings (SSSR count). The lowest BCUT2D eigenvalue weighted by atomic mass is 9.94. The molecule has 0 amide bonds. The van der Waals surface area contributed by atoms with Crippen LogP contribution in [0.5, 0.6) is 5.75 Å². The molecule has 1 aliphatic carbocycles. The van der Waals surface area contributed by atoms with E-state index in [9.17, 15) is 4.79 Å². The van der Waals surface area contributed by atoms with Gasteiger partial charge in [0.15, 0.2) is 0 Å². The van der Waals surface area contributed by atoms with Crippen LogP contribution in [0.1, 0.15) is 36.6 Å². The average Bonchev–Trinajstić information content (AvgIpc) is 2.55. The topological polar surface area (TPSA) is 57.2 Å². The van der Waals surface area contributed by atoms with Crippen LogP contribution >= 0.6 is 0 Å². The van der Waals surface area contributed by atoms with Crippen molar-refractivity contribution in [2.45, 2.75) is 39.2 Å². The predicted octanol–water partition coefficient (Wildman–Crippen LogP) is 2.57. The molecule has 0 unspecified atom stereocenters. The third kappa shape index (κ3) is 2.55. The Hall–Kier alpha value is -2.07. The van der Waals surface area contributed by atoms with Crippen LogP contribution in [-0.4, -0.2) is 11.2 Å². The van der Waals surface area contributed by atoms with Gasteiger partial charge < -0.3 is 10.5 Å². The van der Waals surface area contributed by atoms with Gasteiger partial charge >= 0.3 is 0 Å². The van der Waals surface area contributed by atoms with Crippen LogP contribution in [0.3, 0.4) is 0 Å². The number of hydrogen-bond acceptors (Lipinski definition) is 3. The minimum atomic E-state index is -0.0182. The second-order valence-electron chi connectivity index (χ2n) is 5.59. The number of para-hydroxylation sites is 2. The fourth-order valence-corrected chi connectivity index (χ4v) is 3.18. The lowest BCUT2D eigenvalue weighted by Crippen LogP contribution is -2.29. The van der Waals surface area contributed by atoms with Crippen molar-refractivity contribution in [2.75, 3.05) is 6.61 Å². The van der Waals surface area contributed by atoms with Crippen molar-refractivity contribution in [3.8, 4) is 11.4 Å². The van der Waals surface area contributed by atoms with E-state index in [0.717, 1.165) is 36.4 Å². The molecule has 0 fully saturated rings. The van der Waals surface area contributed by atoms with Crippen LogP contribution < -0.4 is 16.0 Å². The van der Waals surface area contributed by atoms with Gasteiger partial charge in [-0.1, -0.05) is 12.1 Å². The van der Waals surface area contributed by atoms with E-state index in [1.165, 1.54) is 12.0 Å². The highest BCUT2D eigenvalue weighted by Gasteiger charge is 2.20. The fraction of sp³-hybridized carbons (Fsp3) is 0.389. The highest BCUT2D eigenvalue weighted by molar-refractivity contribution is 5.49. The zero-order chi connectivity index (χ0) is 15.5. The second kappa shape index (κ2) is 6.36. The molecular formula is C18H22N2O2. The summed E-state index contributed by atoms with van der Waals surface area (Å²) in [7, 11) is 0. The molecule has 22 heavy (non-hydrogen) atoms. The molecule has 2 N–H and O–H groups in total. The van der Waals surface area contributed by atoms with Crippen molar-refractivity contribution in [2.24, 2.45) is 5.73 Å². The van der Waals surface area contributed by atoms with Crippen LogP contribution in [0, 0.1) is 0 Å². The van der Waals surface area contributed by atoms with E-state index >= 15 is 0 Å². The quantitative estimate of drug-likeness (QED) is 0.944. The minimum absolute atomic E-state index is 0.0182. The smallest absolute Gasteiger partial charge is 0.259 e. The molecule has 0 saturated heterocycles. The predicted molar refractivity (Wildman–Crippen MR) is 87.7 cm³/mol. The molecule has 0 atom stereocenters. The molecule has 0 spiro atoms. The largest absolute Gasteiger partial charge is 0.492 e. The summed E-state index contributed by atoms with van der Waals surface area (Å²) < 4.78 is 7.54. The molecule has 0 radical (unpaired) electrons. The first-order valence-corrected chi connectivity index (χ1v) is 7.95. The van der Waals surface area contributed by atoms with Crippen LogP contribution in [0.25, 0.3) is 5.69 Å². The third-order valence-electron chi connectivity index (χ3n) is 4.20. The van der Waals surface area contributed by atoms with E-state index in [4.69, 9.17) is 10.5 Å². The summed E-state index contributed by atoms with van der Waals surface area (Å²) in [6, 6.07) is 9.72. The van der Waals surface area contributed by atoms with Crippen molar-refractivity contribution in [3.63, 3.8) is 0 Å². The molecule has 1 aromatic carbocycles. The Bertz CT molecular complexity index is 734.